The van der Waals surface area contributed by atoms with Gasteiger partial charge in [-0.2, -0.15) is 0 Å². The Bertz CT molecular complexity index is 408. The van der Waals surface area contributed by atoms with Gasteiger partial charge < -0.3 is 10.1 Å². The third kappa shape index (κ3) is 6.12. The van der Waals surface area contributed by atoms with E-state index in [0.717, 1.165) is 12.3 Å². The van der Waals surface area contributed by atoms with Gasteiger partial charge in [0, 0.05) is 18.2 Å². The van der Waals surface area contributed by atoms with Gasteiger partial charge in [-0.05, 0) is 18.9 Å². The number of hydrogen-bond acceptors (Lipinski definition) is 2. The number of hydrogen-bond donors (Lipinski definition) is 1. The molecule has 2 heteroatoms. The standard InChI is InChI=1S/C18H27NO/c1-4-7-12-17(10-5-2)19-15-16-11-8-9-13-18(16)20-14-6-3/h3,8-9,11,13,17,19H,4-5,7,10,12,14-15H2,1-2H3. The van der Waals surface area contributed by atoms with Crippen LogP contribution >= 0.6 is 0 Å². The second kappa shape index (κ2) is 10.3. The SMILES string of the molecule is C#CCOc1ccccc1CNC(CCC)CCCC. The van der Waals surface area contributed by atoms with E-state index in [2.05, 4.69) is 31.2 Å². The molecule has 0 aliphatic rings. The molecule has 0 heterocycles. The maximum atomic E-state index is 5.58. The van der Waals surface area contributed by atoms with Crippen molar-refractivity contribution in [2.45, 2.75) is 58.5 Å². The highest BCUT2D eigenvalue weighted by molar-refractivity contribution is 5.33. The molecule has 0 saturated carbocycles. The second-order valence-corrected chi connectivity index (χ2v) is 5.11. The summed E-state index contributed by atoms with van der Waals surface area (Å²) in [7, 11) is 0. The molecule has 2 nitrogen and oxygen atoms in total. The fraction of sp³-hybridized carbons (Fsp3) is 0.556. The summed E-state index contributed by atoms with van der Waals surface area (Å²) in [5.41, 5.74) is 1.18. The summed E-state index contributed by atoms with van der Waals surface area (Å²) >= 11 is 0. The highest BCUT2D eigenvalue weighted by Crippen LogP contribution is 2.18. The highest BCUT2D eigenvalue weighted by Gasteiger charge is 2.08. The smallest absolute Gasteiger partial charge is 0.148 e. The molecule has 1 atom stereocenters. The zero-order valence-corrected chi connectivity index (χ0v) is 12.8. The number of rotatable bonds is 10. The van der Waals surface area contributed by atoms with Gasteiger partial charge in [-0.15, -0.1) is 6.42 Å². The van der Waals surface area contributed by atoms with E-state index in [9.17, 15) is 0 Å². The third-order valence-corrected chi connectivity index (χ3v) is 3.41. The molecule has 110 valence electrons. The van der Waals surface area contributed by atoms with Crippen LogP contribution < -0.4 is 10.1 Å². The molecule has 0 aromatic heterocycles. The first-order chi connectivity index (χ1) is 9.81. The quantitative estimate of drug-likeness (QED) is 0.647. The lowest BCUT2D eigenvalue weighted by Crippen LogP contribution is -2.28. The maximum Gasteiger partial charge on any atom is 0.148 e. The summed E-state index contributed by atoms with van der Waals surface area (Å²) in [5, 5.41) is 3.66. The van der Waals surface area contributed by atoms with Gasteiger partial charge in [-0.25, -0.2) is 0 Å². The number of para-hydroxylation sites is 1. The molecule has 1 unspecified atom stereocenters. The van der Waals surface area contributed by atoms with Crippen molar-refractivity contribution in [1.29, 1.82) is 0 Å². The number of benzene rings is 1. The molecule has 0 fully saturated rings. The first-order valence-electron chi connectivity index (χ1n) is 7.69. The van der Waals surface area contributed by atoms with Crippen molar-refractivity contribution in [2.75, 3.05) is 6.61 Å². The van der Waals surface area contributed by atoms with Crippen molar-refractivity contribution in [2.24, 2.45) is 0 Å². The molecule has 0 spiro atoms. The van der Waals surface area contributed by atoms with Crippen molar-refractivity contribution >= 4 is 0 Å². The summed E-state index contributed by atoms with van der Waals surface area (Å²) in [5.74, 6) is 3.41. The molecular formula is C18H27NO. The average molecular weight is 273 g/mol. The van der Waals surface area contributed by atoms with E-state index in [4.69, 9.17) is 11.2 Å². The van der Waals surface area contributed by atoms with Crippen LogP contribution in [0.4, 0.5) is 0 Å². The van der Waals surface area contributed by atoms with Crippen molar-refractivity contribution in [3.05, 3.63) is 29.8 Å². The zero-order chi connectivity index (χ0) is 14.6. The summed E-state index contributed by atoms with van der Waals surface area (Å²) in [6, 6.07) is 8.70. The molecule has 0 aliphatic heterocycles. The molecule has 1 rings (SSSR count). The van der Waals surface area contributed by atoms with Gasteiger partial charge in [-0.3, -0.25) is 0 Å². The van der Waals surface area contributed by atoms with E-state index in [1.807, 2.05) is 18.2 Å². The Kier molecular flexibility index (Phi) is 8.58. The Hall–Kier alpha value is -1.46. The fourth-order valence-corrected chi connectivity index (χ4v) is 2.31. The first-order valence-corrected chi connectivity index (χ1v) is 7.69. The van der Waals surface area contributed by atoms with E-state index < -0.39 is 0 Å². The molecule has 0 amide bonds. The van der Waals surface area contributed by atoms with Crippen LogP contribution in [0.15, 0.2) is 24.3 Å². The Balaban J connectivity index is 2.55. The van der Waals surface area contributed by atoms with Gasteiger partial charge in [0.15, 0.2) is 0 Å². The van der Waals surface area contributed by atoms with Gasteiger partial charge in [0.2, 0.25) is 0 Å². The van der Waals surface area contributed by atoms with Gasteiger partial charge >= 0.3 is 0 Å². The largest absolute Gasteiger partial charge is 0.481 e. The molecule has 1 N–H and O–H groups in total. The summed E-state index contributed by atoms with van der Waals surface area (Å²) < 4.78 is 5.58. The van der Waals surface area contributed by atoms with Crippen molar-refractivity contribution in [3.63, 3.8) is 0 Å². The van der Waals surface area contributed by atoms with E-state index in [0.29, 0.717) is 12.6 Å². The van der Waals surface area contributed by atoms with Gasteiger partial charge in [-0.1, -0.05) is 57.2 Å². The van der Waals surface area contributed by atoms with Crippen LogP contribution in [0, 0.1) is 12.3 Å². The molecule has 0 aliphatic carbocycles. The summed E-state index contributed by atoms with van der Waals surface area (Å²) in [6.45, 7) is 5.65. The third-order valence-electron chi connectivity index (χ3n) is 3.41. The van der Waals surface area contributed by atoms with Crippen LogP contribution in [0.1, 0.15) is 51.5 Å². The Morgan fingerprint density at radius 1 is 1.20 bits per heavy atom. The number of terminal acetylenes is 1. The minimum Gasteiger partial charge on any atom is -0.481 e. The van der Waals surface area contributed by atoms with Crippen LogP contribution in [-0.2, 0) is 6.54 Å². The fourth-order valence-electron chi connectivity index (χ4n) is 2.31. The molecule has 0 saturated heterocycles. The lowest BCUT2D eigenvalue weighted by atomic mass is 10.0. The van der Waals surface area contributed by atoms with Gasteiger partial charge in [0.05, 0.1) is 0 Å². The Morgan fingerprint density at radius 2 is 2.00 bits per heavy atom. The highest BCUT2D eigenvalue weighted by atomic mass is 16.5. The average Bonchev–Trinajstić information content (AvgIpc) is 2.48. The molecule has 1 aromatic carbocycles. The van der Waals surface area contributed by atoms with Crippen molar-refractivity contribution in [3.8, 4) is 18.1 Å². The first kappa shape index (κ1) is 16.6. The van der Waals surface area contributed by atoms with Crippen molar-refractivity contribution < 1.29 is 4.74 Å². The van der Waals surface area contributed by atoms with E-state index in [-0.39, 0.29) is 0 Å². The van der Waals surface area contributed by atoms with E-state index >= 15 is 0 Å². The number of nitrogens with one attached hydrogen (secondary N) is 1. The zero-order valence-electron chi connectivity index (χ0n) is 12.8. The molecule has 1 aromatic rings. The number of unbranched alkanes of at least 4 members (excludes halogenated alkanes) is 1. The lowest BCUT2D eigenvalue weighted by molar-refractivity contribution is 0.361. The Labute approximate surface area is 123 Å². The van der Waals surface area contributed by atoms with Crippen LogP contribution in [0.5, 0.6) is 5.75 Å². The minimum atomic E-state index is 0.325. The normalized spacial score (nSPS) is 11.8. The molecular weight excluding hydrogens is 246 g/mol. The van der Waals surface area contributed by atoms with Crippen LogP contribution in [0.2, 0.25) is 0 Å². The van der Waals surface area contributed by atoms with Crippen LogP contribution in [0.25, 0.3) is 0 Å². The van der Waals surface area contributed by atoms with Gasteiger partial charge in [0.1, 0.15) is 12.4 Å². The predicted octanol–water partition coefficient (Wildman–Crippen LogP) is 4.15. The van der Waals surface area contributed by atoms with Gasteiger partial charge in [0.25, 0.3) is 0 Å². The maximum absolute atomic E-state index is 5.58. The molecule has 0 radical (unpaired) electrons. The summed E-state index contributed by atoms with van der Waals surface area (Å²) in [6.07, 6.45) is 11.5. The predicted molar refractivity (Wildman–Crippen MR) is 85.8 cm³/mol. The summed E-state index contributed by atoms with van der Waals surface area (Å²) in [4.78, 5) is 0. The monoisotopic (exact) mass is 273 g/mol. The molecule has 20 heavy (non-hydrogen) atoms. The van der Waals surface area contributed by atoms with E-state index in [1.165, 1.54) is 37.7 Å². The minimum absolute atomic E-state index is 0.325. The number of ether oxygens (including phenoxy) is 1. The molecule has 0 bridgehead atoms. The topological polar surface area (TPSA) is 21.3 Å². The Morgan fingerprint density at radius 3 is 2.70 bits per heavy atom. The lowest BCUT2D eigenvalue weighted by Gasteiger charge is -2.19. The van der Waals surface area contributed by atoms with Crippen LogP contribution in [-0.4, -0.2) is 12.6 Å². The second-order valence-electron chi connectivity index (χ2n) is 5.11. The van der Waals surface area contributed by atoms with E-state index in [1.54, 1.807) is 0 Å². The van der Waals surface area contributed by atoms with Crippen molar-refractivity contribution in [1.82, 2.24) is 5.32 Å². The van der Waals surface area contributed by atoms with Crippen LogP contribution in [0.3, 0.4) is 0 Å².